The summed E-state index contributed by atoms with van der Waals surface area (Å²) in [6, 6.07) is 3.97. The van der Waals surface area contributed by atoms with Crippen LogP contribution in [0.2, 0.25) is 0 Å². The number of likely N-dealkylation sites (N-methyl/N-ethyl adjacent to an activating group) is 1. The average Bonchev–Trinajstić information content (AvgIpc) is 2.60. The highest BCUT2D eigenvalue weighted by Crippen LogP contribution is 2.33. The van der Waals surface area contributed by atoms with Gasteiger partial charge in [0.15, 0.2) is 5.96 Å². The summed E-state index contributed by atoms with van der Waals surface area (Å²) in [7, 11) is 2.05. The first-order valence-electron chi connectivity index (χ1n) is 9.01. The van der Waals surface area contributed by atoms with Gasteiger partial charge in [-0.25, -0.2) is 4.99 Å². The van der Waals surface area contributed by atoms with Crippen LogP contribution in [0.4, 0.5) is 18.9 Å². The van der Waals surface area contributed by atoms with Crippen LogP contribution in [0.15, 0.2) is 23.2 Å². The van der Waals surface area contributed by atoms with Gasteiger partial charge in [0.2, 0.25) is 0 Å². The molecule has 1 heterocycles. The van der Waals surface area contributed by atoms with Crippen LogP contribution in [0, 0.1) is 0 Å². The number of alkyl halides is 3. The fourth-order valence-corrected chi connectivity index (χ4v) is 2.92. The second-order valence-corrected chi connectivity index (χ2v) is 6.36. The molecule has 0 amide bonds. The minimum atomic E-state index is -4.36. The Labute approximate surface area is 176 Å². The van der Waals surface area contributed by atoms with Crippen LogP contribution in [-0.2, 0) is 12.7 Å². The van der Waals surface area contributed by atoms with Gasteiger partial charge in [-0.1, -0.05) is 0 Å². The summed E-state index contributed by atoms with van der Waals surface area (Å²) in [5.74, 6) is 0.608. The predicted molar refractivity (Wildman–Crippen MR) is 115 cm³/mol. The van der Waals surface area contributed by atoms with Gasteiger partial charge >= 0.3 is 6.18 Å². The third kappa shape index (κ3) is 7.02. The Kier molecular flexibility index (Phi) is 9.65. The van der Waals surface area contributed by atoms with Crippen LogP contribution in [-0.4, -0.2) is 57.2 Å². The Balaban J connectivity index is 0.00000364. The molecule has 1 saturated heterocycles. The summed E-state index contributed by atoms with van der Waals surface area (Å²) in [5.41, 5.74) is 0.800. The van der Waals surface area contributed by atoms with Gasteiger partial charge in [0, 0.05) is 45.0 Å². The lowest BCUT2D eigenvalue weighted by Crippen LogP contribution is -2.44. The quantitative estimate of drug-likeness (QED) is 0.371. The van der Waals surface area contributed by atoms with Gasteiger partial charge in [-0.15, -0.1) is 24.0 Å². The molecule has 1 aromatic rings. The highest BCUT2D eigenvalue weighted by Gasteiger charge is 2.31. The number of halogens is 4. The largest absolute Gasteiger partial charge is 0.416 e. The lowest BCUT2D eigenvalue weighted by atomic mass is 10.1. The molecule has 0 unspecified atom stereocenters. The predicted octanol–water partition coefficient (Wildman–Crippen LogP) is 3.15. The maximum absolute atomic E-state index is 13.2. The molecule has 0 atom stereocenters. The summed E-state index contributed by atoms with van der Waals surface area (Å²) in [6.45, 7) is 8.87. The first kappa shape index (κ1) is 23.8. The average molecular weight is 499 g/mol. The Morgan fingerprint density at radius 3 is 2.19 bits per heavy atom. The van der Waals surface area contributed by atoms with Crippen molar-refractivity contribution in [1.82, 2.24) is 15.5 Å². The summed E-state index contributed by atoms with van der Waals surface area (Å²) in [4.78, 5) is 8.82. The smallest absolute Gasteiger partial charge is 0.369 e. The lowest BCUT2D eigenvalue weighted by Gasteiger charge is -2.35. The van der Waals surface area contributed by atoms with Crippen molar-refractivity contribution in [3.8, 4) is 0 Å². The maximum atomic E-state index is 13.2. The number of nitrogens with zero attached hydrogens (tertiary/aromatic N) is 3. The van der Waals surface area contributed by atoms with Gasteiger partial charge in [-0.2, -0.15) is 13.2 Å². The standard InChI is InChI=1S/C18H28F3N5.HI/c1-4-22-17(23-5-2)24-13-14-12-15(18(19,20)21)6-7-16(14)26-10-8-25(3)9-11-26;/h6-7,12H,4-5,8-11,13H2,1-3H3,(H2,22,23,24);1H. The van der Waals surface area contributed by atoms with Crippen molar-refractivity contribution in [2.45, 2.75) is 26.6 Å². The number of hydrogen-bond donors (Lipinski definition) is 2. The van der Waals surface area contributed by atoms with Crippen molar-refractivity contribution in [3.63, 3.8) is 0 Å². The van der Waals surface area contributed by atoms with Crippen molar-refractivity contribution in [3.05, 3.63) is 29.3 Å². The zero-order chi connectivity index (χ0) is 19.2. The van der Waals surface area contributed by atoms with E-state index in [-0.39, 0.29) is 30.5 Å². The van der Waals surface area contributed by atoms with Crippen molar-refractivity contribution in [2.24, 2.45) is 4.99 Å². The molecule has 1 aliphatic rings. The number of rotatable bonds is 5. The summed E-state index contributed by atoms with van der Waals surface area (Å²) < 4.78 is 39.5. The van der Waals surface area contributed by atoms with E-state index in [2.05, 4.69) is 32.5 Å². The number of anilines is 1. The molecule has 0 aliphatic carbocycles. The zero-order valence-electron chi connectivity index (χ0n) is 16.1. The maximum Gasteiger partial charge on any atom is 0.416 e. The van der Waals surface area contributed by atoms with Gasteiger partial charge in [0.05, 0.1) is 12.1 Å². The van der Waals surface area contributed by atoms with Gasteiger partial charge in [0.25, 0.3) is 0 Å². The third-order valence-corrected chi connectivity index (χ3v) is 4.35. The first-order valence-corrected chi connectivity index (χ1v) is 9.01. The van der Waals surface area contributed by atoms with Gasteiger partial charge in [-0.3, -0.25) is 0 Å². The number of benzene rings is 1. The van der Waals surface area contributed by atoms with Crippen molar-refractivity contribution < 1.29 is 13.2 Å². The molecule has 2 rings (SSSR count). The lowest BCUT2D eigenvalue weighted by molar-refractivity contribution is -0.137. The van der Waals surface area contributed by atoms with E-state index < -0.39 is 11.7 Å². The van der Waals surface area contributed by atoms with E-state index in [9.17, 15) is 13.2 Å². The topological polar surface area (TPSA) is 42.9 Å². The number of piperazine rings is 1. The van der Waals surface area contributed by atoms with Gasteiger partial charge in [-0.05, 0) is 44.7 Å². The Bertz CT molecular complexity index is 606. The fourth-order valence-electron chi connectivity index (χ4n) is 2.92. The monoisotopic (exact) mass is 499 g/mol. The van der Waals surface area contributed by atoms with E-state index in [1.165, 1.54) is 6.07 Å². The zero-order valence-corrected chi connectivity index (χ0v) is 18.4. The number of hydrogen-bond acceptors (Lipinski definition) is 3. The van der Waals surface area contributed by atoms with E-state index in [0.29, 0.717) is 24.6 Å². The SMILES string of the molecule is CCNC(=NCc1cc(C(F)(F)F)ccc1N1CCN(C)CC1)NCC.I. The molecule has 5 nitrogen and oxygen atoms in total. The second kappa shape index (κ2) is 10.9. The highest BCUT2D eigenvalue weighted by molar-refractivity contribution is 14.0. The third-order valence-electron chi connectivity index (χ3n) is 4.35. The molecule has 9 heteroatoms. The number of aliphatic imine (C=N–C) groups is 1. The highest BCUT2D eigenvalue weighted by atomic mass is 127. The van der Waals surface area contributed by atoms with E-state index in [1.807, 2.05) is 13.8 Å². The van der Waals surface area contributed by atoms with Crippen LogP contribution < -0.4 is 15.5 Å². The van der Waals surface area contributed by atoms with E-state index in [4.69, 9.17) is 0 Å². The Morgan fingerprint density at radius 2 is 1.67 bits per heavy atom. The molecule has 2 N–H and O–H groups in total. The van der Waals surface area contributed by atoms with Gasteiger partial charge in [0.1, 0.15) is 0 Å². The molecular weight excluding hydrogens is 470 g/mol. The van der Waals surface area contributed by atoms with E-state index in [0.717, 1.165) is 37.9 Å². The molecular formula is C18H29F3IN5. The summed E-state index contributed by atoms with van der Waals surface area (Å²) in [5, 5.41) is 6.20. The second-order valence-electron chi connectivity index (χ2n) is 6.36. The van der Waals surface area contributed by atoms with Crippen molar-refractivity contribution >= 4 is 35.6 Å². The van der Waals surface area contributed by atoms with Crippen LogP contribution in [0.25, 0.3) is 0 Å². The Morgan fingerprint density at radius 1 is 1.07 bits per heavy atom. The molecule has 1 aliphatic heterocycles. The number of nitrogens with one attached hydrogen (secondary N) is 2. The molecule has 0 radical (unpaired) electrons. The molecule has 27 heavy (non-hydrogen) atoms. The minimum absolute atomic E-state index is 0. The van der Waals surface area contributed by atoms with Crippen LogP contribution >= 0.6 is 24.0 Å². The summed E-state index contributed by atoms with van der Waals surface area (Å²) in [6.07, 6.45) is -4.36. The molecule has 0 bridgehead atoms. The van der Waals surface area contributed by atoms with E-state index >= 15 is 0 Å². The molecule has 0 spiro atoms. The fraction of sp³-hybridized carbons (Fsp3) is 0.611. The molecule has 154 valence electrons. The Hall–Kier alpha value is -1.23. The normalized spacial score (nSPS) is 15.1. The van der Waals surface area contributed by atoms with Crippen molar-refractivity contribution in [1.29, 1.82) is 0 Å². The van der Waals surface area contributed by atoms with E-state index in [1.54, 1.807) is 6.07 Å². The van der Waals surface area contributed by atoms with Crippen LogP contribution in [0.3, 0.4) is 0 Å². The molecule has 1 fully saturated rings. The summed E-state index contributed by atoms with van der Waals surface area (Å²) >= 11 is 0. The molecule has 0 aromatic heterocycles. The first-order chi connectivity index (χ1) is 12.3. The van der Waals surface area contributed by atoms with Crippen molar-refractivity contribution in [2.75, 3.05) is 51.2 Å². The minimum Gasteiger partial charge on any atom is -0.369 e. The molecule has 1 aromatic carbocycles. The van der Waals surface area contributed by atoms with Crippen LogP contribution in [0.1, 0.15) is 25.0 Å². The molecule has 0 saturated carbocycles. The van der Waals surface area contributed by atoms with Gasteiger partial charge < -0.3 is 20.4 Å². The van der Waals surface area contributed by atoms with Crippen LogP contribution in [0.5, 0.6) is 0 Å². The number of guanidine groups is 1.